The highest BCUT2D eigenvalue weighted by Crippen LogP contribution is 2.21. The number of hydrogen-bond acceptors (Lipinski definition) is 6. The molecule has 1 aliphatic rings. The van der Waals surface area contributed by atoms with Crippen LogP contribution < -0.4 is 26.2 Å². The highest BCUT2D eigenvalue weighted by atomic mass is 16.5. The van der Waals surface area contributed by atoms with E-state index in [1.807, 2.05) is 68.4 Å². The zero-order valence-corrected chi connectivity index (χ0v) is 23.6. The second kappa shape index (κ2) is 15.6. The number of carbonyl (C=O) groups excluding carboxylic acids is 4. The Morgan fingerprint density at radius 2 is 1.52 bits per heavy atom. The van der Waals surface area contributed by atoms with Gasteiger partial charge in [0.15, 0.2) is 0 Å². The van der Waals surface area contributed by atoms with Gasteiger partial charge in [0, 0.05) is 31.9 Å². The van der Waals surface area contributed by atoms with Crippen molar-refractivity contribution in [3.8, 4) is 0 Å². The summed E-state index contributed by atoms with van der Waals surface area (Å²) >= 11 is 0. The maximum atomic E-state index is 13.1. The van der Waals surface area contributed by atoms with E-state index < -0.39 is 35.7 Å². The van der Waals surface area contributed by atoms with Gasteiger partial charge < -0.3 is 30.9 Å². The first-order valence-electron chi connectivity index (χ1n) is 13.9. The van der Waals surface area contributed by atoms with Crippen molar-refractivity contribution in [2.75, 3.05) is 31.2 Å². The molecule has 2 atom stereocenters. The fourth-order valence-electron chi connectivity index (χ4n) is 4.51. The maximum absolute atomic E-state index is 13.1. The van der Waals surface area contributed by atoms with E-state index in [-0.39, 0.29) is 18.9 Å². The van der Waals surface area contributed by atoms with E-state index in [2.05, 4.69) is 26.2 Å². The molecule has 0 saturated carbocycles. The van der Waals surface area contributed by atoms with E-state index in [0.717, 1.165) is 29.9 Å². The van der Waals surface area contributed by atoms with Crippen LogP contribution in [0.5, 0.6) is 0 Å². The molecule has 2 unspecified atom stereocenters. The molecule has 0 aromatic heterocycles. The van der Waals surface area contributed by atoms with Crippen LogP contribution in [-0.2, 0) is 32.2 Å². The molecule has 1 saturated heterocycles. The Bertz CT molecular complexity index is 1130. The van der Waals surface area contributed by atoms with Crippen LogP contribution in [0.4, 0.5) is 10.5 Å². The largest absolute Gasteiger partial charge is 0.378 e. The van der Waals surface area contributed by atoms with Gasteiger partial charge in [-0.25, -0.2) is 4.79 Å². The van der Waals surface area contributed by atoms with Gasteiger partial charge in [0.25, 0.3) is 5.91 Å². The molecule has 10 heteroatoms. The minimum absolute atomic E-state index is 0.107. The van der Waals surface area contributed by atoms with Crippen LogP contribution in [0.1, 0.15) is 44.7 Å². The number of morpholine rings is 1. The number of nitrogens with zero attached hydrogens (tertiary/aromatic N) is 1. The van der Waals surface area contributed by atoms with Crippen molar-refractivity contribution in [3.05, 3.63) is 65.7 Å². The molecular formula is C30H41N5O5. The van der Waals surface area contributed by atoms with E-state index in [1.54, 1.807) is 6.92 Å². The summed E-state index contributed by atoms with van der Waals surface area (Å²) in [4.78, 5) is 53.6. The molecule has 40 heavy (non-hydrogen) atoms. The summed E-state index contributed by atoms with van der Waals surface area (Å²) in [6.45, 7) is 8.88. The number of rotatable bonds is 13. The van der Waals surface area contributed by atoms with Crippen LogP contribution in [0.2, 0.25) is 0 Å². The quantitative estimate of drug-likeness (QED) is 0.283. The van der Waals surface area contributed by atoms with Gasteiger partial charge in [-0.15, -0.1) is 0 Å². The summed E-state index contributed by atoms with van der Waals surface area (Å²) in [5.74, 6) is -1.89. The van der Waals surface area contributed by atoms with Crippen LogP contribution in [0.15, 0.2) is 54.6 Å². The molecule has 0 spiro atoms. The number of amides is 4. The fraction of sp³-hybridized carbons (Fsp3) is 0.467. The maximum Gasteiger partial charge on any atom is 0.315 e. The zero-order chi connectivity index (χ0) is 28.9. The lowest BCUT2D eigenvalue weighted by Gasteiger charge is -2.30. The van der Waals surface area contributed by atoms with E-state index >= 15 is 0 Å². The number of ether oxygens (including phenoxy) is 1. The van der Waals surface area contributed by atoms with Gasteiger partial charge in [0.05, 0.1) is 19.3 Å². The number of hydrogen-bond donors (Lipinski definition) is 4. The Balaban J connectivity index is 1.56. The van der Waals surface area contributed by atoms with E-state index in [1.165, 1.54) is 0 Å². The SMILES string of the molecule is CCC(NC(=O)C(CC(C)C)NC(=O)NCc1ccccc1)C(=O)C(=O)NCc1ccccc1N1CCOCC1. The highest BCUT2D eigenvalue weighted by Gasteiger charge is 2.29. The third-order valence-electron chi connectivity index (χ3n) is 6.67. The fourth-order valence-corrected chi connectivity index (χ4v) is 4.51. The average molecular weight is 552 g/mol. The minimum atomic E-state index is -1.01. The molecule has 0 aliphatic carbocycles. The molecule has 3 rings (SSSR count). The Morgan fingerprint density at radius 1 is 0.850 bits per heavy atom. The third kappa shape index (κ3) is 9.37. The smallest absolute Gasteiger partial charge is 0.315 e. The van der Waals surface area contributed by atoms with E-state index in [9.17, 15) is 19.2 Å². The summed E-state index contributed by atoms with van der Waals surface area (Å²) in [5.41, 5.74) is 2.81. The van der Waals surface area contributed by atoms with Crippen molar-refractivity contribution < 1.29 is 23.9 Å². The van der Waals surface area contributed by atoms with Crippen molar-refractivity contribution in [2.24, 2.45) is 5.92 Å². The molecule has 0 bridgehead atoms. The van der Waals surface area contributed by atoms with Crippen molar-refractivity contribution >= 4 is 29.3 Å². The topological polar surface area (TPSA) is 129 Å². The molecule has 2 aromatic carbocycles. The minimum Gasteiger partial charge on any atom is -0.378 e. The number of nitrogens with one attached hydrogen (secondary N) is 4. The lowest BCUT2D eigenvalue weighted by atomic mass is 10.0. The molecule has 1 fully saturated rings. The number of carbonyl (C=O) groups is 4. The number of anilines is 1. The monoisotopic (exact) mass is 551 g/mol. The van der Waals surface area contributed by atoms with Crippen molar-refractivity contribution in [2.45, 2.75) is 58.8 Å². The highest BCUT2D eigenvalue weighted by molar-refractivity contribution is 6.38. The Hall–Kier alpha value is -3.92. The summed E-state index contributed by atoms with van der Waals surface area (Å²) in [5, 5.41) is 10.9. The van der Waals surface area contributed by atoms with Gasteiger partial charge in [0.1, 0.15) is 6.04 Å². The van der Waals surface area contributed by atoms with Crippen LogP contribution in [0.3, 0.4) is 0 Å². The number of para-hydroxylation sites is 1. The number of urea groups is 1. The standard InChI is InChI=1S/C30H41N5O5/c1-4-24(27(36)29(38)31-20-23-12-8-9-13-26(23)35-14-16-40-17-15-35)33-28(37)25(18-21(2)3)34-30(39)32-19-22-10-6-5-7-11-22/h5-13,21,24-25H,4,14-20H2,1-3H3,(H,31,38)(H,33,37)(H2,32,34,39). The summed E-state index contributed by atoms with van der Waals surface area (Å²) in [6.07, 6.45) is 0.608. The first kappa shape index (κ1) is 30.6. The molecular weight excluding hydrogens is 510 g/mol. The molecule has 1 aliphatic heterocycles. The summed E-state index contributed by atoms with van der Waals surface area (Å²) in [7, 11) is 0. The van der Waals surface area contributed by atoms with E-state index in [4.69, 9.17) is 4.74 Å². The van der Waals surface area contributed by atoms with Gasteiger partial charge in [0.2, 0.25) is 11.7 Å². The van der Waals surface area contributed by atoms with Crippen LogP contribution >= 0.6 is 0 Å². The first-order chi connectivity index (χ1) is 19.3. The Labute approximate surface area is 236 Å². The normalized spacial score (nSPS) is 14.7. The van der Waals surface area contributed by atoms with Gasteiger partial charge in [-0.2, -0.15) is 0 Å². The van der Waals surface area contributed by atoms with Crippen LogP contribution in [-0.4, -0.2) is 62.0 Å². The van der Waals surface area contributed by atoms with Crippen LogP contribution in [0.25, 0.3) is 0 Å². The van der Waals surface area contributed by atoms with Crippen molar-refractivity contribution in [3.63, 3.8) is 0 Å². The molecule has 2 aromatic rings. The third-order valence-corrected chi connectivity index (χ3v) is 6.67. The van der Waals surface area contributed by atoms with Crippen LogP contribution in [0, 0.1) is 5.92 Å². The molecule has 4 N–H and O–H groups in total. The van der Waals surface area contributed by atoms with Gasteiger partial charge in [-0.05, 0) is 36.0 Å². The number of Topliss-reactive ketones (excluding diaryl/α,β-unsaturated/α-hetero) is 1. The van der Waals surface area contributed by atoms with Crippen molar-refractivity contribution in [1.82, 2.24) is 21.3 Å². The molecule has 1 heterocycles. The van der Waals surface area contributed by atoms with Crippen molar-refractivity contribution in [1.29, 1.82) is 0 Å². The number of ketones is 1. The second-order valence-corrected chi connectivity index (χ2v) is 10.2. The Kier molecular flexibility index (Phi) is 12.0. The second-order valence-electron chi connectivity index (χ2n) is 10.2. The van der Waals surface area contributed by atoms with Gasteiger partial charge in [-0.3, -0.25) is 14.4 Å². The summed E-state index contributed by atoms with van der Waals surface area (Å²) < 4.78 is 5.43. The summed E-state index contributed by atoms with van der Waals surface area (Å²) in [6, 6.07) is 14.8. The van der Waals surface area contributed by atoms with Gasteiger partial charge in [-0.1, -0.05) is 69.3 Å². The molecule has 10 nitrogen and oxygen atoms in total. The lowest BCUT2D eigenvalue weighted by Crippen LogP contribution is -2.55. The molecule has 4 amide bonds. The zero-order valence-electron chi connectivity index (χ0n) is 23.6. The molecule has 216 valence electrons. The van der Waals surface area contributed by atoms with Gasteiger partial charge >= 0.3 is 6.03 Å². The lowest BCUT2D eigenvalue weighted by molar-refractivity contribution is -0.140. The predicted molar refractivity (Wildman–Crippen MR) is 154 cm³/mol. The molecule has 0 radical (unpaired) electrons. The first-order valence-corrected chi connectivity index (χ1v) is 13.9. The number of benzene rings is 2. The average Bonchev–Trinajstić information content (AvgIpc) is 2.97. The predicted octanol–water partition coefficient (Wildman–Crippen LogP) is 2.52. The Morgan fingerprint density at radius 3 is 2.20 bits per heavy atom. The van der Waals surface area contributed by atoms with E-state index in [0.29, 0.717) is 26.2 Å².